The Bertz CT molecular complexity index is 396. The third kappa shape index (κ3) is 4.56. The molecule has 18 heavy (non-hydrogen) atoms. The second-order valence-corrected chi connectivity index (χ2v) is 4.56. The molecular formula is C13H18BrNO3. The fourth-order valence-corrected chi connectivity index (χ4v) is 1.91. The molecule has 100 valence electrons. The van der Waals surface area contributed by atoms with Crippen LogP contribution in [0.2, 0.25) is 0 Å². The number of ether oxygens (including phenoxy) is 2. The largest absolute Gasteiger partial charge is 0.493 e. The molecule has 0 atom stereocenters. The average Bonchev–Trinajstić information content (AvgIpc) is 2.39. The van der Waals surface area contributed by atoms with Gasteiger partial charge in [-0.1, -0.05) is 15.9 Å². The molecule has 1 N–H and O–H groups in total. The quantitative estimate of drug-likeness (QED) is 0.621. The van der Waals surface area contributed by atoms with Crippen LogP contribution < -0.4 is 14.8 Å². The number of amides is 1. The highest BCUT2D eigenvalue weighted by atomic mass is 79.9. The summed E-state index contributed by atoms with van der Waals surface area (Å²) in [5.74, 6) is 1.27. The molecule has 0 saturated carbocycles. The Labute approximate surface area is 116 Å². The van der Waals surface area contributed by atoms with E-state index in [1.165, 1.54) is 0 Å². The van der Waals surface area contributed by atoms with E-state index in [4.69, 9.17) is 9.47 Å². The van der Waals surface area contributed by atoms with E-state index in [-0.39, 0.29) is 5.91 Å². The number of methoxy groups -OCH3 is 2. The highest BCUT2D eigenvalue weighted by Crippen LogP contribution is 2.29. The summed E-state index contributed by atoms with van der Waals surface area (Å²) in [5.41, 5.74) is 0.719. The van der Waals surface area contributed by atoms with Crippen LogP contribution in [0.3, 0.4) is 0 Å². The van der Waals surface area contributed by atoms with E-state index >= 15 is 0 Å². The topological polar surface area (TPSA) is 47.6 Å². The van der Waals surface area contributed by atoms with Crippen molar-refractivity contribution in [2.75, 3.05) is 24.9 Å². The highest BCUT2D eigenvalue weighted by molar-refractivity contribution is 9.09. The van der Waals surface area contributed by atoms with E-state index in [0.717, 1.165) is 23.9 Å². The van der Waals surface area contributed by atoms with Gasteiger partial charge in [-0.05, 0) is 25.0 Å². The molecule has 1 aromatic carbocycles. The average molecular weight is 316 g/mol. The molecule has 0 fully saturated rings. The van der Waals surface area contributed by atoms with Gasteiger partial charge in [0.15, 0.2) is 11.5 Å². The molecule has 0 saturated heterocycles. The molecular weight excluding hydrogens is 298 g/mol. The van der Waals surface area contributed by atoms with Crippen LogP contribution in [0, 0.1) is 0 Å². The lowest BCUT2D eigenvalue weighted by molar-refractivity contribution is -0.116. The molecule has 0 aliphatic carbocycles. The lowest BCUT2D eigenvalue weighted by Gasteiger charge is -2.10. The maximum atomic E-state index is 11.6. The van der Waals surface area contributed by atoms with Crippen LogP contribution in [0.4, 0.5) is 5.69 Å². The number of anilines is 1. The predicted molar refractivity (Wildman–Crippen MR) is 75.8 cm³/mol. The van der Waals surface area contributed by atoms with Gasteiger partial charge in [0.2, 0.25) is 5.91 Å². The minimum Gasteiger partial charge on any atom is -0.493 e. The molecule has 5 heteroatoms. The van der Waals surface area contributed by atoms with Crippen molar-refractivity contribution >= 4 is 27.5 Å². The zero-order chi connectivity index (χ0) is 13.4. The number of alkyl halides is 1. The standard InChI is InChI=1S/C13H18BrNO3/c1-17-11-7-6-10(9-12(11)18-2)15-13(16)5-3-4-8-14/h6-7,9H,3-5,8H2,1-2H3,(H,15,16). The van der Waals surface area contributed by atoms with Crippen molar-refractivity contribution in [3.8, 4) is 11.5 Å². The van der Waals surface area contributed by atoms with Gasteiger partial charge in [-0.2, -0.15) is 0 Å². The van der Waals surface area contributed by atoms with Gasteiger partial charge in [0.1, 0.15) is 0 Å². The van der Waals surface area contributed by atoms with Crippen LogP contribution in [0.25, 0.3) is 0 Å². The van der Waals surface area contributed by atoms with Crippen LogP contribution in [0.15, 0.2) is 18.2 Å². The highest BCUT2D eigenvalue weighted by Gasteiger charge is 2.07. The molecule has 0 radical (unpaired) electrons. The minimum atomic E-state index is 0.0168. The number of hydrogen-bond acceptors (Lipinski definition) is 3. The van der Waals surface area contributed by atoms with Gasteiger partial charge < -0.3 is 14.8 Å². The number of nitrogens with one attached hydrogen (secondary N) is 1. The molecule has 0 aliphatic heterocycles. The maximum absolute atomic E-state index is 11.6. The number of hydrogen-bond donors (Lipinski definition) is 1. The second-order valence-electron chi connectivity index (χ2n) is 3.76. The zero-order valence-corrected chi connectivity index (χ0v) is 12.2. The summed E-state index contributed by atoms with van der Waals surface area (Å²) >= 11 is 3.34. The molecule has 0 spiro atoms. The summed E-state index contributed by atoms with van der Waals surface area (Å²) < 4.78 is 10.3. The molecule has 0 heterocycles. The first-order valence-electron chi connectivity index (χ1n) is 5.79. The Balaban J connectivity index is 2.59. The van der Waals surface area contributed by atoms with E-state index < -0.39 is 0 Å². The Morgan fingerprint density at radius 1 is 1.22 bits per heavy atom. The van der Waals surface area contributed by atoms with Crippen molar-refractivity contribution in [3.63, 3.8) is 0 Å². The van der Waals surface area contributed by atoms with Crippen molar-refractivity contribution in [2.45, 2.75) is 19.3 Å². The summed E-state index contributed by atoms with van der Waals surface area (Å²) in [7, 11) is 3.15. The zero-order valence-electron chi connectivity index (χ0n) is 10.7. The lowest BCUT2D eigenvalue weighted by atomic mass is 10.2. The van der Waals surface area contributed by atoms with Crippen molar-refractivity contribution in [1.82, 2.24) is 0 Å². The fraction of sp³-hybridized carbons (Fsp3) is 0.462. The van der Waals surface area contributed by atoms with Crippen LogP contribution in [0.5, 0.6) is 11.5 Å². The molecule has 0 bridgehead atoms. The van der Waals surface area contributed by atoms with Gasteiger partial charge in [-0.25, -0.2) is 0 Å². The summed E-state index contributed by atoms with van der Waals surface area (Å²) in [6.45, 7) is 0. The maximum Gasteiger partial charge on any atom is 0.224 e. The van der Waals surface area contributed by atoms with Crippen LogP contribution in [0.1, 0.15) is 19.3 Å². The fourth-order valence-electron chi connectivity index (χ4n) is 1.52. The van der Waals surface area contributed by atoms with E-state index in [2.05, 4.69) is 21.2 Å². The number of halogens is 1. The monoisotopic (exact) mass is 315 g/mol. The first-order chi connectivity index (χ1) is 8.71. The normalized spacial score (nSPS) is 9.94. The SMILES string of the molecule is COc1ccc(NC(=O)CCCCBr)cc1OC. The Morgan fingerprint density at radius 2 is 1.94 bits per heavy atom. The Kier molecular flexibility index (Phi) is 6.57. The number of carbonyl (C=O) groups is 1. The third-order valence-corrected chi connectivity index (χ3v) is 3.02. The van der Waals surface area contributed by atoms with Gasteiger partial charge in [0.25, 0.3) is 0 Å². The van der Waals surface area contributed by atoms with Crippen molar-refractivity contribution < 1.29 is 14.3 Å². The van der Waals surface area contributed by atoms with Gasteiger partial charge in [0, 0.05) is 23.5 Å². The van der Waals surface area contributed by atoms with Crippen LogP contribution >= 0.6 is 15.9 Å². The number of carbonyl (C=O) groups excluding carboxylic acids is 1. The number of unbranched alkanes of at least 4 members (excludes halogenated alkanes) is 1. The molecule has 0 aliphatic rings. The van der Waals surface area contributed by atoms with Crippen LogP contribution in [-0.4, -0.2) is 25.5 Å². The Morgan fingerprint density at radius 3 is 2.56 bits per heavy atom. The first kappa shape index (κ1) is 14.8. The molecule has 1 rings (SSSR count). The van der Waals surface area contributed by atoms with Gasteiger partial charge in [0.05, 0.1) is 14.2 Å². The smallest absolute Gasteiger partial charge is 0.224 e. The van der Waals surface area contributed by atoms with Gasteiger partial charge in [-0.3, -0.25) is 4.79 Å². The van der Waals surface area contributed by atoms with E-state index in [9.17, 15) is 4.79 Å². The van der Waals surface area contributed by atoms with Crippen molar-refractivity contribution in [2.24, 2.45) is 0 Å². The van der Waals surface area contributed by atoms with Gasteiger partial charge >= 0.3 is 0 Å². The van der Waals surface area contributed by atoms with Crippen molar-refractivity contribution in [3.05, 3.63) is 18.2 Å². The van der Waals surface area contributed by atoms with Crippen LogP contribution in [-0.2, 0) is 4.79 Å². The van der Waals surface area contributed by atoms with Gasteiger partial charge in [-0.15, -0.1) is 0 Å². The molecule has 0 unspecified atom stereocenters. The number of benzene rings is 1. The molecule has 1 aromatic rings. The summed E-state index contributed by atoms with van der Waals surface area (Å²) in [5, 5.41) is 3.76. The summed E-state index contributed by atoms with van der Waals surface area (Å²) in [4.78, 5) is 11.6. The summed E-state index contributed by atoms with van der Waals surface area (Å²) in [6.07, 6.45) is 2.41. The minimum absolute atomic E-state index is 0.0168. The van der Waals surface area contributed by atoms with E-state index in [1.54, 1.807) is 32.4 Å². The van der Waals surface area contributed by atoms with E-state index in [1.807, 2.05) is 0 Å². The van der Waals surface area contributed by atoms with Crippen molar-refractivity contribution in [1.29, 1.82) is 0 Å². The van der Waals surface area contributed by atoms with E-state index in [0.29, 0.717) is 17.9 Å². The molecule has 0 aromatic heterocycles. The number of rotatable bonds is 7. The lowest BCUT2D eigenvalue weighted by Crippen LogP contribution is -2.11. The second kappa shape index (κ2) is 7.97. The summed E-state index contributed by atoms with van der Waals surface area (Å²) in [6, 6.07) is 5.32. The molecule has 1 amide bonds. The Hall–Kier alpha value is -1.23. The molecule has 4 nitrogen and oxygen atoms in total. The first-order valence-corrected chi connectivity index (χ1v) is 6.91. The predicted octanol–water partition coefficient (Wildman–Crippen LogP) is 3.21. The third-order valence-electron chi connectivity index (χ3n) is 2.45.